The van der Waals surface area contributed by atoms with Gasteiger partial charge in [-0.05, 0) is 0 Å². The van der Waals surface area contributed by atoms with Crippen molar-refractivity contribution in [2.45, 2.75) is 96.7 Å². The normalized spacial score (nSPS) is 30.2. The van der Waals surface area contributed by atoms with Crippen molar-refractivity contribution in [3.63, 3.8) is 0 Å². The highest BCUT2D eigenvalue weighted by Gasteiger charge is 2.56. The Kier molecular flexibility index (Phi) is 11.9. The highest BCUT2D eigenvalue weighted by atomic mass is 16.8. The fraction of sp³-hybridized carbons (Fsp3) is 0.708. The number of rotatable bonds is 11. The topological polar surface area (TPSA) is 203 Å². The highest BCUT2D eigenvalue weighted by Crippen LogP contribution is 2.34. The average molecular weight is 577 g/mol. The summed E-state index contributed by atoms with van der Waals surface area (Å²) in [6.45, 7) is 5.64. The van der Waals surface area contributed by atoms with Gasteiger partial charge in [0, 0.05) is 41.5 Å². The van der Waals surface area contributed by atoms with E-state index in [1.807, 2.05) is 0 Å². The maximum absolute atomic E-state index is 12.1. The lowest BCUT2D eigenvalue weighted by atomic mass is 9.97. The molecule has 0 radical (unpaired) electrons. The molecule has 0 aromatic rings. The van der Waals surface area contributed by atoms with Crippen LogP contribution in [0.2, 0.25) is 0 Å². The second kappa shape index (κ2) is 14.7. The number of carbonyl (C=O) groups excluding carboxylic acids is 7. The molecular formula is C24H32O16. The molecule has 0 amide bonds. The Hall–Kier alpha value is -3.63. The number of hydrogen-bond acceptors (Lipinski definition) is 16. The van der Waals surface area contributed by atoms with Gasteiger partial charge in [0.2, 0.25) is 0 Å². The largest absolute Gasteiger partial charge is 0.463 e. The van der Waals surface area contributed by atoms with E-state index in [9.17, 15) is 33.6 Å². The molecule has 0 N–H and O–H groups in total. The van der Waals surface area contributed by atoms with Crippen LogP contribution in [0.25, 0.3) is 0 Å². The van der Waals surface area contributed by atoms with E-state index in [1.54, 1.807) is 0 Å². The second-order valence-electron chi connectivity index (χ2n) is 8.82. The highest BCUT2D eigenvalue weighted by molar-refractivity contribution is 5.71. The van der Waals surface area contributed by atoms with Gasteiger partial charge in [0.1, 0.15) is 24.9 Å². The van der Waals surface area contributed by atoms with Gasteiger partial charge in [0.05, 0.1) is 6.61 Å². The molecule has 40 heavy (non-hydrogen) atoms. The first-order chi connectivity index (χ1) is 18.7. The molecule has 9 atom stereocenters. The fourth-order valence-electron chi connectivity index (χ4n) is 4.19. The van der Waals surface area contributed by atoms with Crippen molar-refractivity contribution in [2.24, 2.45) is 0 Å². The van der Waals surface area contributed by atoms with Crippen molar-refractivity contribution in [1.82, 2.24) is 0 Å². The summed E-state index contributed by atoms with van der Waals surface area (Å²) in [5, 5.41) is 0. The van der Waals surface area contributed by atoms with Crippen LogP contribution in [-0.2, 0) is 76.2 Å². The predicted molar refractivity (Wildman–Crippen MR) is 124 cm³/mol. The quantitative estimate of drug-likeness (QED) is 0.163. The smallest absolute Gasteiger partial charge is 0.303 e. The first-order valence-electron chi connectivity index (χ1n) is 12.1. The molecule has 0 aliphatic carbocycles. The van der Waals surface area contributed by atoms with Crippen LogP contribution in [0.15, 0.2) is 0 Å². The van der Waals surface area contributed by atoms with Gasteiger partial charge in [0.15, 0.2) is 43.1 Å². The Balaban J connectivity index is 2.55. The third-order valence-corrected chi connectivity index (χ3v) is 5.46. The summed E-state index contributed by atoms with van der Waals surface area (Å²) in [6, 6.07) is 0. The Morgan fingerprint density at radius 2 is 1.27 bits per heavy atom. The maximum Gasteiger partial charge on any atom is 0.303 e. The van der Waals surface area contributed by atoms with Gasteiger partial charge in [-0.2, -0.15) is 0 Å². The van der Waals surface area contributed by atoms with Crippen LogP contribution < -0.4 is 0 Å². The number of aldehydes is 1. The first-order valence-corrected chi connectivity index (χ1v) is 12.1. The summed E-state index contributed by atoms with van der Waals surface area (Å²) in [7, 11) is 0. The summed E-state index contributed by atoms with van der Waals surface area (Å²) in [5.41, 5.74) is 0. The summed E-state index contributed by atoms with van der Waals surface area (Å²) >= 11 is 0. The molecule has 224 valence electrons. The average Bonchev–Trinajstić information content (AvgIpc) is 3.20. The third kappa shape index (κ3) is 9.24. The predicted octanol–water partition coefficient (Wildman–Crippen LogP) is -1.08. The molecule has 0 aromatic heterocycles. The lowest BCUT2D eigenvalue weighted by molar-refractivity contribution is -0.323. The van der Waals surface area contributed by atoms with Gasteiger partial charge in [-0.1, -0.05) is 0 Å². The van der Waals surface area contributed by atoms with E-state index in [0.29, 0.717) is 0 Å². The van der Waals surface area contributed by atoms with Crippen molar-refractivity contribution >= 4 is 42.1 Å². The number of carbonyl (C=O) groups is 7. The van der Waals surface area contributed by atoms with Crippen LogP contribution in [0.4, 0.5) is 0 Å². The fourth-order valence-corrected chi connectivity index (χ4v) is 4.19. The monoisotopic (exact) mass is 576 g/mol. The molecule has 2 saturated heterocycles. The Labute approximate surface area is 228 Å². The van der Waals surface area contributed by atoms with Crippen molar-refractivity contribution < 1.29 is 76.2 Å². The lowest BCUT2D eigenvalue weighted by Crippen LogP contribution is -2.64. The van der Waals surface area contributed by atoms with Crippen molar-refractivity contribution in [3.05, 3.63) is 0 Å². The molecule has 2 fully saturated rings. The van der Waals surface area contributed by atoms with Crippen LogP contribution in [0.1, 0.15) is 41.5 Å². The van der Waals surface area contributed by atoms with E-state index >= 15 is 0 Å². The summed E-state index contributed by atoms with van der Waals surface area (Å²) in [6.07, 6.45) is -12.6. The third-order valence-electron chi connectivity index (χ3n) is 5.46. The van der Waals surface area contributed by atoms with Gasteiger partial charge in [-0.25, -0.2) is 0 Å². The van der Waals surface area contributed by atoms with Gasteiger partial charge in [-0.15, -0.1) is 0 Å². The molecule has 0 saturated carbocycles. The molecule has 2 aliphatic rings. The van der Waals surface area contributed by atoms with Crippen LogP contribution in [-0.4, -0.2) is 110 Å². The van der Waals surface area contributed by atoms with Crippen molar-refractivity contribution in [1.29, 1.82) is 0 Å². The molecule has 16 nitrogen and oxygen atoms in total. The van der Waals surface area contributed by atoms with E-state index in [4.69, 9.17) is 42.6 Å². The molecule has 0 aromatic carbocycles. The Bertz CT molecular complexity index is 978. The lowest BCUT2D eigenvalue weighted by Gasteiger charge is -2.45. The van der Waals surface area contributed by atoms with Crippen molar-refractivity contribution in [3.8, 4) is 0 Å². The minimum absolute atomic E-state index is 0.283. The van der Waals surface area contributed by atoms with Gasteiger partial charge < -0.3 is 42.6 Å². The standard InChI is InChI=1S/C24H32O16/c1-10(26)32-8-18-21(36-13(4)29)22(37-14(5)30)23(38-15(6)31)24(39-18)40-20-17(35-12(3)28)9-33-19(20)16(7-25)34-11(2)27/h7,16-24H,8-9H2,1-6H3. The van der Waals surface area contributed by atoms with Crippen molar-refractivity contribution in [2.75, 3.05) is 13.2 Å². The summed E-state index contributed by atoms with van der Waals surface area (Å²) < 4.78 is 48.8. The first kappa shape index (κ1) is 32.6. The van der Waals surface area contributed by atoms with E-state index < -0.39 is 97.5 Å². The minimum Gasteiger partial charge on any atom is -0.463 e. The molecule has 16 heteroatoms. The van der Waals surface area contributed by atoms with Gasteiger partial charge >= 0.3 is 35.8 Å². The maximum atomic E-state index is 12.1. The molecule has 0 bridgehead atoms. The molecule has 0 spiro atoms. The van der Waals surface area contributed by atoms with Crippen LogP contribution in [0.5, 0.6) is 0 Å². The number of hydrogen-bond donors (Lipinski definition) is 0. The zero-order valence-corrected chi connectivity index (χ0v) is 22.7. The molecular weight excluding hydrogens is 544 g/mol. The molecule has 9 unspecified atom stereocenters. The van der Waals surface area contributed by atoms with E-state index in [1.165, 1.54) is 0 Å². The van der Waals surface area contributed by atoms with E-state index in [-0.39, 0.29) is 12.9 Å². The second-order valence-corrected chi connectivity index (χ2v) is 8.82. The zero-order chi connectivity index (χ0) is 30.1. The number of ether oxygens (including phenoxy) is 9. The zero-order valence-electron chi connectivity index (χ0n) is 22.7. The molecule has 2 rings (SSSR count). The summed E-state index contributed by atoms with van der Waals surface area (Å²) in [4.78, 5) is 82.5. The van der Waals surface area contributed by atoms with Crippen LogP contribution in [0, 0.1) is 0 Å². The molecule has 2 heterocycles. The van der Waals surface area contributed by atoms with Crippen LogP contribution >= 0.6 is 0 Å². The Morgan fingerprint density at radius 3 is 1.77 bits per heavy atom. The van der Waals surface area contributed by atoms with Gasteiger partial charge in [-0.3, -0.25) is 33.6 Å². The minimum atomic E-state index is -1.67. The Morgan fingerprint density at radius 1 is 0.725 bits per heavy atom. The number of esters is 6. The van der Waals surface area contributed by atoms with Crippen LogP contribution in [0.3, 0.4) is 0 Å². The summed E-state index contributed by atoms with van der Waals surface area (Å²) in [5.74, 6) is -4.83. The van der Waals surface area contributed by atoms with E-state index in [0.717, 1.165) is 41.5 Å². The van der Waals surface area contributed by atoms with E-state index in [2.05, 4.69) is 0 Å². The molecule has 2 aliphatic heterocycles. The SMILES string of the molecule is CC(=O)OCC1OC(OC2C(OC(C)=O)COC2C(C=O)OC(C)=O)C(OC(C)=O)C(OC(C)=O)C1OC(C)=O. The van der Waals surface area contributed by atoms with Gasteiger partial charge in [0.25, 0.3) is 0 Å².